The highest BCUT2D eigenvalue weighted by molar-refractivity contribution is 7.54. The fraction of sp³-hybridized carbons (Fsp3) is 0.571. The van der Waals surface area contributed by atoms with Crippen LogP contribution in [0.1, 0.15) is 25.3 Å². The average Bonchev–Trinajstić information content (AvgIpc) is 2.35. The van der Waals surface area contributed by atoms with Gasteiger partial charge in [-0.25, -0.2) is 0 Å². The highest BCUT2D eigenvalue weighted by atomic mass is 35.5. The van der Waals surface area contributed by atoms with Crippen molar-refractivity contribution >= 4 is 27.5 Å². The van der Waals surface area contributed by atoms with Crippen LogP contribution in [0.15, 0.2) is 24.3 Å². The summed E-state index contributed by atoms with van der Waals surface area (Å²) in [6.07, 6.45) is 0. The minimum Gasteiger partial charge on any atom is -0.400 e. The lowest BCUT2D eigenvalue weighted by Crippen LogP contribution is -2.28. The van der Waals surface area contributed by atoms with Gasteiger partial charge in [0.05, 0.1) is 13.2 Å². The topological polar surface area (TPSA) is 44.8 Å². The van der Waals surface area contributed by atoms with E-state index in [2.05, 4.69) is 0 Å². The molecule has 0 radical (unpaired) electrons. The third-order valence-electron chi connectivity index (χ3n) is 2.50. The van der Waals surface area contributed by atoms with Crippen LogP contribution in [0.3, 0.4) is 0 Å². The van der Waals surface area contributed by atoms with E-state index in [1.807, 2.05) is 25.7 Å². The summed E-state index contributed by atoms with van der Waals surface area (Å²) in [6, 6.07) is 7.15. The lowest BCUT2D eigenvalue weighted by atomic mass is 10.2. The van der Waals surface area contributed by atoms with Crippen LogP contribution in [0, 0.1) is 0 Å². The second-order valence-electron chi connectivity index (χ2n) is 5.51. The van der Waals surface area contributed by atoms with Gasteiger partial charge in [0.25, 0.3) is 0 Å². The van der Waals surface area contributed by atoms with Crippen molar-refractivity contribution in [1.82, 2.24) is 0 Å². The molecule has 1 atom stereocenters. The Hall–Kier alpha value is -0.163. The van der Waals surface area contributed by atoms with Gasteiger partial charge in [0.15, 0.2) is 14.2 Å². The number of rotatable bonds is 8. The molecule has 0 spiro atoms. The lowest BCUT2D eigenvalue weighted by molar-refractivity contribution is 0.158. The van der Waals surface area contributed by atoms with Crippen molar-refractivity contribution in [2.45, 2.75) is 39.3 Å². The Morgan fingerprint density at radius 2 is 1.76 bits per heavy atom. The van der Waals surface area contributed by atoms with Crippen LogP contribution in [-0.4, -0.2) is 21.5 Å². The fourth-order valence-electron chi connectivity index (χ4n) is 1.84. The van der Waals surface area contributed by atoms with Crippen LogP contribution in [0.25, 0.3) is 0 Å². The van der Waals surface area contributed by atoms with Gasteiger partial charge in [0.1, 0.15) is 0 Å². The first kappa shape index (κ1) is 18.9. The zero-order valence-electron chi connectivity index (χ0n) is 13.3. The summed E-state index contributed by atoms with van der Waals surface area (Å²) in [4.78, 5) is 0. The van der Waals surface area contributed by atoms with Gasteiger partial charge >= 0.3 is 7.60 Å². The van der Waals surface area contributed by atoms with E-state index in [1.165, 1.54) is 0 Å². The molecule has 0 amide bonds. The van der Waals surface area contributed by atoms with Crippen molar-refractivity contribution in [2.75, 3.05) is 13.2 Å². The third kappa shape index (κ3) is 5.85. The van der Waals surface area contributed by atoms with E-state index in [9.17, 15) is 4.57 Å². The average molecular weight is 351 g/mol. The Labute approximate surface area is 133 Å². The summed E-state index contributed by atoms with van der Waals surface area (Å²) in [5, 5.41) is 0.566. The largest absolute Gasteiger partial charge is 0.400 e. The first-order valence-corrected chi connectivity index (χ1v) is 12.4. The lowest BCUT2D eigenvalue weighted by Gasteiger charge is -2.31. The van der Waals surface area contributed by atoms with E-state index in [0.717, 1.165) is 5.56 Å². The van der Waals surface area contributed by atoms with Crippen molar-refractivity contribution in [3.8, 4) is 0 Å². The molecule has 0 aliphatic rings. The second kappa shape index (κ2) is 7.91. The van der Waals surface area contributed by atoms with Gasteiger partial charge in [0.2, 0.25) is 0 Å². The smallest absolute Gasteiger partial charge is 0.362 e. The van der Waals surface area contributed by atoms with Crippen LogP contribution in [0.5, 0.6) is 0 Å². The van der Waals surface area contributed by atoms with Gasteiger partial charge in [0, 0.05) is 5.02 Å². The standard InChI is InChI=1S/C14H24ClO4PSi/c1-6-17-20(16,18-7-2)14(19-21(3,4)5)12-9-8-10-13(15)11-12/h8-11,14H,6-7H2,1-5H3. The molecule has 7 heteroatoms. The van der Waals surface area contributed by atoms with Crippen molar-refractivity contribution < 1.29 is 18.0 Å². The highest BCUT2D eigenvalue weighted by Gasteiger charge is 2.40. The molecule has 0 aromatic heterocycles. The molecule has 0 bridgehead atoms. The quantitative estimate of drug-likeness (QED) is 0.461. The van der Waals surface area contributed by atoms with Gasteiger partial charge in [-0.3, -0.25) is 4.57 Å². The fourth-order valence-corrected chi connectivity index (χ4v) is 5.90. The minimum atomic E-state index is -3.41. The molecule has 1 aromatic rings. The summed E-state index contributed by atoms with van der Waals surface area (Å²) < 4.78 is 30.1. The first-order chi connectivity index (χ1) is 9.72. The van der Waals surface area contributed by atoms with Crippen LogP contribution in [0.2, 0.25) is 24.7 Å². The van der Waals surface area contributed by atoms with Crippen molar-refractivity contribution in [1.29, 1.82) is 0 Å². The Morgan fingerprint density at radius 3 is 2.19 bits per heavy atom. The first-order valence-electron chi connectivity index (χ1n) is 7.04. The number of hydrogen-bond donors (Lipinski definition) is 0. The van der Waals surface area contributed by atoms with E-state index in [1.54, 1.807) is 32.0 Å². The Morgan fingerprint density at radius 1 is 1.19 bits per heavy atom. The molecule has 0 heterocycles. The van der Waals surface area contributed by atoms with Crippen molar-refractivity contribution in [3.63, 3.8) is 0 Å². The minimum absolute atomic E-state index is 0.295. The highest BCUT2D eigenvalue weighted by Crippen LogP contribution is 2.62. The van der Waals surface area contributed by atoms with Gasteiger partial charge in [-0.2, -0.15) is 0 Å². The summed E-state index contributed by atoms with van der Waals surface area (Å²) in [5.41, 5.74) is 0.718. The van der Waals surface area contributed by atoms with Crippen molar-refractivity contribution in [3.05, 3.63) is 34.9 Å². The molecule has 1 rings (SSSR count). The van der Waals surface area contributed by atoms with Crippen LogP contribution >= 0.6 is 19.2 Å². The molecule has 0 aliphatic heterocycles. The zero-order chi connectivity index (χ0) is 16.1. The number of benzene rings is 1. The summed E-state index contributed by atoms with van der Waals surface area (Å²) in [5.74, 6) is -0.747. The van der Waals surface area contributed by atoms with E-state index in [0.29, 0.717) is 18.2 Å². The van der Waals surface area contributed by atoms with E-state index >= 15 is 0 Å². The second-order valence-corrected chi connectivity index (χ2v) is 12.5. The molecular formula is C14H24ClO4PSi. The summed E-state index contributed by atoms with van der Waals surface area (Å²) in [6.45, 7) is 10.3. The van der Waals surface area contributed by atoms with E-state index in [4.69, 9.17) is 25.1 Å². The van der Waals surface area contributed by atoms with Gasteiger partial charge in [-0.15, -0.1) is 0 Å². The monoisotopic (exact) mass is 350 g/mol. The Bertz CT molecular complexity index is 494. The van der Waals surface area contributed by atoms with Crippen LogP contribution in [0.4, 0.5) is 0 Å². The van der Waals surface area contributed by atoms with Gasteiger partial charge < -0.3 is 13.5 Å². The molecule has 0 N–H and O–H groups in total. The van der Waals surface area contributed by atoms with Crippen LogP contribution in [-0.2, 0) is 18.0 Å². The molecule has 0 aliphatic carbocycles. The molecule has 21 heavy (non-hydrogen) atoms. The zero-order valence-corrected chi connectivity index (χ0v) is 15.9. The molecule has 120 valence electrons. The SMILES string of the molecule is CCOP(=O)(OCC)C(O[Si](C)(C)C)c1cccc(Cl)c1. The van der Waals surface area contributed by atoms with E-state index in [-0.39, 0.29) is 0 Å². The molecular weight excluding hydrogens is 327 g/mol. The number of hydrogen-bond acceptors (Lipinski definition) is 4. The predicted molar refractivity (Wildman–Crippen MR) is 89.5 cm³/mol. The predicted octanol–water partition coefficient (Wildman–Crippen LogP) is 5.46. The summed E-state index contributed by atoms with van der Waals surface area (Å²) in [7, 11) is -5.38. The maximum absolute atomic E-state index is 13.1. The van der Waals surface area contributed by atoms with E-state index < -0.39 is 21.8 Å². The Balaban J connectivity index is 3.26. The normalized spacial score (nSPS) is 14.2. The number of halogens is 1. The van der Waals surface area contributed by atoms with Crippen molar-refractivity contribution in [2.24, 2.45) is 0 Å². The molecule has 4 nitrogen and oxygen atoms in total. The Kier molecular flexibility index (Phi) is 7.11. The molecule has 0 saturated heterocycles. The van der Waals surface area contributed by atoms with Gasteiger partial charge in [-0.1, -0.05) is 23.7 Å². The van der Waals surface area contributed by atoms with Gasteiger partial charge in [-0.05, 0) is 51.2 Å². The molecule has 0 fully saturated rings. The maximum atomic E-state index is 13.1. The molecule has 1 unspecified atom stereocenters. The molecule has 1 aromatic carbocycles. The van der Waals surface area contributed by atoms with Crippen LogP contribution < -0.4 is 0 Å². The maximum Gasteiger partial charge on any atom is 0.362 e. The molecule has 0 saturated carbocycles. The third-order valence-corrected chi connectivity index (χ3v) is 6.09. The summed E-state index contributed by atoms with van der Waals surface area (Å²) >= 11 is 6.05.